The molecule has 0 radical (unpaired) electrons. The number of nitrogens with one attached hydrogen (secondary N) is 2. The number of hydrogen-bond donors (Lipinski definition) is 3. The molecule has 1 rings (SSSR count). The van der Waals surface area contributed by atoms with Crippen molar-refractivity contribution in [3.05, 3.63) is 28.3 Å². The highest BCUT2D eigenvalue weighted by Gasteiger charge is 2.19. The summed E-state index contributed by atoms with van der Waals surface area (Å²) in [5.74, 6) is 2.66. The van der Waals surface area contributed by atoms with Gasteiger partial charge >= 0.3 is 0 Å². The summed E-state index contributed by atoms with van der Waals surface area (Å²) in [6.07, 6.45) is 9.24. The standard InChI is InChI=1S/C20H31N3O3S2.CH5NO/c1-20(2,3)16-12-22-18(26-16)14-27-19(13-21-4)28-15-23-17(25)10-8-6-5-7-9-11-24;1-2-3/h11-13H,4-10,14-15H2,1-3H3,(H,23,25);2-3H,1H3/b19-13-;. The highest BCUT2D eigenvalue weighted by atomic mass is 32.2. The number of unbranched alkanes of at least 4 members (excludes halogenated alkanes) is 4. The van der Waals surface area contributed by atoms with E-state index >= 15 is 0 Å². The third-order valence-electron chi connectivity index (χ3n) is 3.79. The fourth-order valence-corrected chi connectivity index (χ4v) is 3.95. The molecule has 0 aliphatic rings. The molecule has 0 unspecified atom stereocenters. The van der Waals surface area contributed by atoms with Crippen LogP contribution >= 0.6 is 23.5 Å². The minimum absolute atomic E-state index is 0.0429. The molecule has 0 spiro atoms. The molecule has 1 heterocycles. The van der Waals surface area contributed by atoms with Gasteiger partial charge in [-0.15, -0.1) is 11.8 Å². The number of amides is 1. The summed E-state index contributed by atoms with van der Waals surface area (Å²) >= 11 is 3.06. The Kier molecular flexibility index (Phi) is 17.1. The lowest BCUT2D eigenvalue weighted by molar-refractivity contribution is -0.120. The van der Waals surface area contributed by atoms with E-state index in [-0.39, 0.29) is 11.3 Å². The van der Waals surface area contributed by atoms with Gasteiger partial charge in [-0.05, 0) is 19.6 Å². The van der Waals surface area contributed by atoms with Crippen LogP contribution in [-0.4, -0.2) is 42.0 Å². The summed E-state index contributed by atoms with van der Waals surface area (Å²) in [6, 6.07) is 0. The zero-order chi connectivity index (χ0) is 23.5. The Morgan fingerprint density at radius 2 is 1.97 bits per heavy atom. The molecule has 0 saturated heterocycles. The molecule has 1 aromatic heterocycles. The van der Waals surface area contributed by atoms with Crippen molar-refractivity contribution in [3.63, 3.8) is 0 Å². The van der Waals surface area contributed by atoms with Crippen LogP contribution in [0.25, 0.3) is 0 Å². The molecule has 10 heteroatoms. The molecule has 8 nitrogen and oxygen atoms in total. The smallest absolute Gasteiger partial charge is 0.220 e. The molecule has 3 N–H and O–H groups in total. The van der Waals surface area contributed by atoms with Crippen molar-refractivity contribution in [1.82, 2.24) is 15.8 Å². The monoisotopic (exact) mass is 472 g/mol. The Hall–Kier alpha value is -1.62. The first-order chi connectivity index (χ1) is 14.8. The summed E-state index contributed by atoms with van der Waals surface area (Å²) in [5.41, 5.74) is 1.69. The van der Waals surface area contributed by atoms with Gasteiger partial charge in [0.25, 0.3) is 0 Å². The molecule has 31 heavy (non-hydrogen) atoms. The van der Waals surface area contributed by atoms with Crippen molar-refractivity contribution >= 4 is 42.4 Å². The van der Waals surface area contributed by atoms with Gasteiger partial charge in [0.1, 0.15) is 12.0 Å². The van der Waals surface area contributed by atoms with Crippen LogP contribution in [0.3, 0.4) is 0 Å². The molecule has 0 bridgehead atoms. The van der Waals surface area contributed by atoms with Crippen molar-refractivity contribution in [2.24, 2.45) is 4.99 Å². The Morgan fingerprint density at radius 3 is 2.55 bits per heavy atom. The van der Waals surface area contributed by atoms with Crippen molar-refractivity contribution in [3.8, 4) is 0 Å². The SMILES string of the molecule is C=N/C=C(\SCNC(=O)CCCCCCC=O)SCc1ncc(C(C)(C)C)o1.CNO. The van der Waals surface area contributed by atoms with E-state index in [4.69, 9.17) is 9.62 Å². The molecule has 0 atom stereocenters. The van der Waals surface area contributed by atoms with Crippen LogP contribution < -0.4 is 10.8 Å². The van der Waals surface area contributed by atoms with Gasteiger partial charge < -0.3 is 19.7 Å². The lowest BCUT2D eigenvalue weighted by atomic mass is 9.94. The lowest BCUT2D eigenvalue weighted by Crippen LogP contribution is -2.22. The first kappa shape index (κ1) is 29.4. The second-order valence-corrected chi connectivity index (χ2v) is 9.81. The second-order valence-electron chi connectivity index (χ2n) is 7.52. The van der Waals surface area contributed by atoms with Crippen LogP contribution in [0.1, 0.15) is 70.9 Å². The number of thioether (sulfide) groups is 2. The van der Waals surface area contributed by atoms with Crippen molar-refractivity contribution in [1.29, 1.82) is 0 Å². The fourth-order valence-electron chi connectivity index (χ4n) is 2.19. The highest BCUT2D eigenvalue weighted by molar-refractivity contribution is 8.21. The minimum Gasteiger partial charge on any atom is -0.444 e. The van der Waals surface area contributed by atoms with E-state index in [1.807, 2.05) is 0 Å². The number of oxazole rings is 1. The number of carbonyl (C=O) groups is 2. The highest BCUT2D eigenvalue weighted by Crippen LogP contribution is 2.31. The zero-order valence-corrected chi connectivity index (χ0v) is 20.6. The number of carbonyl (C=O) groups excluding carboxylic acids is 2. The maximum atomic E-state index is 11.9. The van der Waals surface area contributed by atoms with Crippen molar-refractivity contribution in [2.45, 2.75) is 70.5 Å². The summed E-state index contributed by atoms with van der Waals surface area (Å²) in [6.45, 7) is 9.76. The van der Waals surface area contributed by atoms with Crippen LogP contribution in [0.4, 0.5) is 0 Å². The normalized spacial score (nSPS) is 11.5. The molecule has 1 amide bonds. The Labute approximate surface area is 194 Å². The van der Waals surface area contributed by atoms with Crippen molar-refractivity contribution < 1.29 is 19.2 Å². The predicted octanol–water partition coefficient (Wildman–Crippen LogP) is 4.65. The van der Waals surface area contributed by atoms with E-state index in [0.29, 0.717) is 30.4 Å². The average molecular weight is 473 g/mol. The number of nitrogens with zero attached hydrogens (tertiary/aromatic N) is 2. The largest absolute Gasteiger partial charge is 0.444 e. The number of aldehydes is 1. The van der Waals surface area contributed by atoms with E-state index < -0.39 is 0 Å². The van der Waals surface area contributed by atoms with Crippen LogP contribution in [-0.2, 0) is 20.8 Å². The first-order valence-electron chi connectivity index (χ1n) is 10.2. The van der Waals surface area contributed by atoms with Crippen LogP contribution in [0.5, 0.6) is 0 Å². The van der Waals surface area contributed by atoms with Gasteiger partial charge in [-0.2, -0.15) is 0 Å². The van der Waals surface area contributed by atoms with Gasteiger partial charge in [0.05, 0.1) is 22.1 Å². The number of hydrogen-bond acceptors (Lipinski definition) is 9. The number of hydroxylamine groups is 1. The Bertz CT molecular complexity index is 673. The van der Waals surface area contributed by atoms with E-state index in [0.717, 1.165) is 42.0 Å². The van der Waals surface area contributed by atoms with Gasteiger partial charge in [0.15, 0.2) is 0 Å². The molecule has 1 aromatic rings. The average Bonchev–Trinajstić information content (AvgIpc) is 3.19. The van der Waals surface area contributed by atoms with Gasteiger partial charge in [-0.1, -0.05) is 45.4 Å². The van der Waals surface area contributed by atoms with E-state index in [2.05, 4.69) is 42.8 Å². The Balaban J connectivity index is 0.00000282. The Morgan fingerprint density at radius 1 is 1.29 bits per heavy atom. The van der Waals surface area contributed by atoms with Gasteiger partial charge in [-0.3, -0.25) is 9.79 Å². The third kappa shape index (κ3) is 15.8. The van der Waals surface area contributed by atoms with Gasteiger partial charge in [0.2, 0.25) is 11.8 Å². The number of aromatic nitrogens is 1. The first-order valence-corrected chi connectivity index (χ1v) is 12.1. The summed E-state index contributed by atoms with van der Waals surface area (Å²) in [5, 5.41) is 10.2. The molecular formula is C21H36N4O4S2. The quantitative estimate of drug-likeness (QED) is 0.118. The molecule has 0 saturated carbocycles. The number of aliphatic imine (C=N–C) groups is 1. The summed E-state index contributed by atoms with van der Waals surface area (Å²) < 4.78 is 6.74. The van der Waals surface area contributed by atoms with Gasteiger partial charge in [0, 0.05) is 31.5 Å². The summed E-state index contributed by atoms with van der Waals surface area (Å²) in [7, 11) is 1.43. The summed E-state index contributed by atoms with van der Waals surface area (Å²) in [4.78, 5) is 30.3. The number of rotatable bonds is 14. The lowest BCUT2D eigenvalue weighted by Gasteiger charge is -2.13. The minimum atomic E-state index is -0.0647. The second kappa shape index (κ2) is 18.0. The van der Waals surface area contributed by atoms with E-state index in [1.165, 1.54) is 18.8 Å². The fraction of sp³-hybridized carbons (Fsp3) is 0.619. The van der Waals surface area contributed by atoms with Crippen LogP contribution in [0, 0.1) is 0 Å². The van der Waals surface area contributed by atoms with Crippen LogP contribution in [0.15, 0.2) is 26.0 Å². The molecule has 0 aliphatic heterocycles. The van der Waals surface area contributed by atoms with E-state index in [1.54, 1.807) is 29.6 Å². The maximum Gasteiger partial charge on any atom is 0.220 e. The predicted molar refractivity (Wildman–Crippen MR) is 129 cm³/mol. The maximum absolute atomic E-state index is 11.9. The zero-order valence-electron chi connectivity index (χ0n) is 19.0. The van der Waals surface area contributed by atoms with Crippen molar-refractivity contribution in [2.75, 3.05) is 12.9 Å². The molecular weight excluding hydrogens is 436 g/mol. The molecule has 176 valence electrons. The molecule has 0 fully saturated rings. The molecule has 0 aromatic carbocycles. The van der Waals surface area contributed by atoms with Gasteiger partial charge in [-0.25, -0.2) is 10.5 Å². The topological polar surface area (TPSA) is 117 Å². The molecule has 0 aliphatic carbocycles. The third-order valence-corrected chi connectivity index (χ3v) is 5.95. The van der Waals surface area contributed by atoms with E-state index in [9.17, 15) is 9.59 Å². The van der Waals surface area contributed by atoms with Crippen LogP contribution in [0.2, 0.25) is 0 Å².